The monoisotopic (exact) mass is 251 g/mol. The summed E-state index contributed by atoms with van der Waals surface area (Å²) in [4.78, 5) is 21.4. The van der Waals surface area contributed by atoms with Crippen LogP contribution < -0.4 is 5.32 Å². The number of carbonyl (C=O) groups excluding carboxylic acids is 1. The highest BCUT2D eigenvalue weighted by Crippen LogP contribution is 1.88. The van der Waals surface area contributed by atoms with Crippen LogP contribution in [-0.4, -0.2) is 53.0 Å². The molecule has 0 aromatic heterocycles. The number of methoxy groups -OCH3 is 1. The molecule has 0 aromatic carbocycles. The molecule has 0 saturated heterocycles. The third kappa shape index (κ3) is 9.60. The fourth-order valence-corrected chi connectivity index (χ4v) is 1.86. The molecular weight excluding hydrogens is 234 g/mol. The van der Waals surface area contributed by atoms with E-state index in [4.69, 9.17) is 9.84 Å². The number of carboxylic acids is 1. The van der Waals surface area contributed by atoms with Gasteiger partial charge in [-0.25, -0.2) is 0 Å². The van der Waals surface area contributed by atoms with Crippen molar-refractivity contribution in [3.63, 3.8) is 0 Å². The highest BCUT2D eigenvalue weighted by atomic mass is 32.2. The topological polar surface area (TPSA) is 92.7 Å². The number of hydrogen-bond acceptors (Lipinski definition) is 4. The first-order valence-corrected chi connectivity index (χ1v) is 6.37. The third-order valence-electron chi connectivity index (χ3n) is 1.68. The van der Waals surface area contributed by atoms with Gasteiger partial charge < -0.3 is 15.2 Å². The van der Waals surface area contributed by atoms with E-state index in [9.17, 15) is 13.8 Å². The van der Waals surface area contributed by atoms with Gasteiger partial charge in [0.25, 0.3) is 0 Å². The molecule has 2 N–H and O–H groups in total. The number of carbonyl (C=O) groups is 2. The Balaban J connectivity index is 3.54. The van der Waals surface area contributed by atoms with Gasteiger partial charge in [0.15, 0.2) is 0 Å². The standard InChI is InChI=1S/C9H17NO5S/c1-15-5-2-4-10-8(11)7-16(14)6-3-9(12)13/h2-7H2,1H3,(H,10,11)(H,12,13). The number of hydrogen-bond donors (Lipinski definition) is 2. The summed E-state index contributed by atoms with van der Waals surface area (Å²) < 4.78 is 16.0. The molecule has 1 atom stereocenters. The molecule has 0 rings (SSSR count). The number of ether oxygens (including phenoxy) is 1. The molecule has 0 aliphatic heterocycles. The maximum Gasteiger partial charge on any atom is 0.304 e. The van der Waals surface area contributed by atoms with Crippen LogP contribution in [-0.2, 0) is 25.1 Å². The summed E-state index contributed by atoms with van der Waals surface area (Å²) >= 11 is 0. The van der Waals surface area contributed by atoms with Gasteiger partial charge in [-0.05, 0) is 6.42 Å². The molecule has 0 bridgehead atoms. The SMILES string of the molecule is COCCCNC(=O)CS(=O)CCC(=O)O. The van der Waals surface area contributed by atoms with Crippen LogP contribution in [0.25, 0.3) is 0 Å². The maximum atomic E-state index is 11.2. The summed E-state index contributed by atoms with van der Waals surface area (Å²) in [5, 5.41) is 10.9. The second-order valence-electron chi connectivity index (χ2n) is 3.13. The molecule has 0 fully saturated rings. The zero-order chi connectivity index (χ0) is 12.4. The lowest BCUT2D eigenvalue weighted by Gasteiger charge is -2.04. The fraction of sp³-hybridized carbons (Fsp3) is 0.778. The van der Waals surface area contributed by atoms with E-state index in [0.717, 1.165) is 0 Å². The first kappa shape index (κ1) is 15.0. The van der Waals surface area contributed by atoms with Crippen LogP contribution in [0.2, 0.25) is 0 Å². The van der Waals surface area contributed by atoms with Crippen molar-refractivity contribution in [3.05, 3.63) is 0 Å². The van der Waals surface area contributed by atoms with E-state index < -0.39 is 16.8 Å². The van der Waals surface area contributed by atoms with Crippen molar-refractivity contribution in [1.82, 2.24) is 5.32 Å². The van der Waals surface area contributed by atoms with Crippen LogP contribution in [0.5, 0.6) is 0 Å². The molecule has 1 unspecified atom stereocenters. The van der Waals surface area contributed by atoms with Gasteiger partial charge in [-0.2, -0.15) is 0 Å². The molecule has 0 radical (unpaired) electrons. The van der Waals surface area contributed by atoms with Gasteiger partial charge >= 0.3 is 5.97 Å². The van der Waals surface area contributed by atoms with Gasteiger partial charge in [0.2, 0.25) is 5.91 Å². The third-order valence-corrected chi connectivity index (χ3v) is 2.93. The van der Waals surface area contributed by atoms with Crippen LogP contribution >= 0.6 is 0 Å². The van der Waals surface area contributed by atoms with Crippen molar-refractivity contribution in [3.8, 4) is 0 Å². The summed E-state index contributed by atoms with van der Waals surface area (Å²) in [5.74, 6) is -1.45. The highest BCUT2D eigenvalue weighted by Gasteiger charge is 2.08. The van der Waals surface area contributed by atoms with Crippen LogP contribution in [0, 0.1) is 0 Å². The average molecular weight is 251 g/mol. The normalized spacial score (nSPS) is 12.1. The number of aliphatic carboxylic acids is 1. The van der Waals surface area contributed by atoms with E-state index in [0.29, 0.717) is 19.6 Å². The quantitative estimate of drug-likeness (QED) is 0.532. The van der Waals surface area contributed by atoms with Crippen molar-refractivity contribution in [2.75, 3.05) is 31.8 Å². The van der Waals surface area contributed by atoms with E-state index in [2.05, 4.69) is 5.32 Å². The Morgan fingerprint density at radius 2 is 2.12 bits per heavy atom. The zero-order valence-electron chi connectivity index (χ0n) is 9.23. The van der Waals surface area contributed by atoms with E-state index in [-0.39, 0.29) is 23.8 Å². The average Bonchev–Trinajstić information content (AvgIpc) is 2.21. The molecule has 0 aliphatic rings. The van der Waals surface area contributed by atoms with E-state index in [1.165, 1.54) is 0 Å². The first-order chi connectivity index (χ1) is 7.56. The van der Waals surface area contributed by atoms with E-state index >= 15 is 0 Å². The maximum absolute atomic E-state index is 11.2. The number of rotatable bonds is 9. The Hall–Kier alpha value is -0.950. The highest BCUT2D eigenvalue weighted by molar-refractivity contribution is 7.85. The lowest BCUT2D eigenvalue weighted by Crippen LogP contribution is -2.30. The predicted molar refractivity (Wildman–Crippen MR) is 59.6 cm³/mol. The Morgan fingerprint density at radius 1 is 1.44 bits per heavy atom. The van der Waals surface area contributed by atoms with Gasteiger partial charge in [-0.1, -0.05) is 0 Å². The minimum Gasteiger partial charge on any atom is -0.481 e. The van der Waals surface area contributed by atoms with Crippen LogP contribution in [0.3, 0.4) is 0 Å². The summed E-state index contributed by atoms with van der Waals surface area (Å²) in [6.45, 7) is 1.03. The van der Waals surface area contributed by atoms with Gasteiger partial charge in [0.05, 0.1) is 6.42 Å². The Labute approximate surface area is 96.8 Å². The first-order valence-electron chi connectivity index (χ1n) is 4.88. The molecule has 1 amide bonds. The fourth-order valence-electron chi connectivity index (χ4n) is 0.915. The Kier molecular flexibility index (Phi) is 8.74. The molecule has 94 valence electrons. The molecule has 6 nitrogen and oxygen atoms in total. The lowest BCUT2D eigenvalue weighted by atomic mass is 10.4. The van der Waals surface area contributed by atoms with Crippen molar-refractivity contribution < 1.29 is 23.6 Å². The summed E-state index contributed by atoms with van der Waals surface area (Å²) in [5.41, 5.74) is 0. The number of amides is 1. The van der Waals surface area contributed by atoms with Crippen molar-refractivity contribution in [2.45, 2.75) is 12.8 Å². The molecule has 16 heavy (non-hydrogen) atoms. The van der Waals surface area contributed by atoms with Crippen LogP contribution in [0.1, 0.15) is 12.8 Å². The smallest absolute Gasteiger partial charge is 0.304 e. The van der Waals surface area contributed by atoms with Crippen molar-refractivity contribution >= 4 is 22.7 Å². The lowest BCUT2D eigenvalue weighted by molar-refractivity contribution is -0.136. The van der Waals surface area contributed by atoms with Crippen LogP contribution in [0.15, 0.2) is 0 Å². The predicted octanol–water partition coefficient (Wildman–Crippen LogP) is -0.637. The van der Waals surface area contributed by atoms with E-state index in [1.807, 2.05) is 0 Å². The zero-order valence-corrected chi connectivity index (χ0v) is 10.0. The van der Waals surface area contributed by atoms with E-state index in [1.54, 1.807) is 7.11 Å². The molecular formula is C9H17NO5S. The largest absolute Gasteiger partial charge is 0.481 e. The molecule has 0 spiro atoms. The minimum absolute atomic E-state index is 0.0147. The molecule has 0 aliphatic carbocycles. The number of nitrogens with one attached hydrogen (secondary N) is 1. The van der Waals surface area contributed by atoms with Gasteiger partial charge in [0, 0.05) is 36.8 Å². The summed E-state index contributed by atoms with van der Waals surface area (Å²) in [6.07, 6.45) is 0.521. The minimum atomic E-state index is -1.40. The van der Waals surface area contributed by atoms with Gasteiger partial charge in [-0.15, -0.1) is 0 Å². The summed E-state index contributed by atoms with van der Waals surface area (Å²) in [6, 6.07) is 0. The van der Waals surface area contributed by atoms with Crippen molar-refractivity contribution in [1.29, 1.82) is 0 Å². The summed E-state index contributed by atoms with van der Waals surface area (Å²) in [7, 11) is 0.170. The van der Waals surface area contributed by atoms with Crippen molar-refractivity contribution in [2.24, 2.45) is 0 Å². The number of carboxylic acid groups (broad SMARTS) is 1. The molecule has 7 heteroatoms. The second kappa shape index (κ2) is 9.29. The van der Waals surface area contributed by atoms with Crippen LogP contribution in [0.4, 0.5) is 0 Å². The van der Waals surface area contributed by atoms with Gasteiger partial charge in [-0.3, -0.25) is 13.8 Å². The molecule has 0 heterocycles. The van der Waals surface area contributed by atoms with Gasteiger partial charge in [0.1, 0.15) is 5.75 Å². The Morgan fingerprint density at radius 3 is 2.69 bits per heavy atom. The molecule has 0 saturated carbocycles. The second-order valence-corrected chi connectivity index (χ2v) is 4.70. The molecule has 0 aromatic rings. The Bertz CT molecular complexity index is 256.